The minimum atomic E-state index is -0.506. The molecule has 2 heteroatoms. The molecule has 1 heterocycles. The van der Waals surface area contributed by atoms with Gasteiger partial charge in [-0.3, -0.25) is 0 Å². The lowest BCUT2D eigenvalue weighted by atomic mass is 9.91. The first kappa shape index (κ1) is 8.27. The maximum absolute atomic E-state index is 10.3. The van der Waals surface area contributed by atoms with E-state index in [-0.39, 0.29) is 0 Å². The van der Waals surface area contributed by atoms with E-state index < -0.39 is 5.60 Å². The van der Waals surface area contributed by atoms with E-state index in [4.69, 9.17) is 0 Å². The molecule has 1 aromatic rings. The van der Waals surface area contributed by atoms with E-state index in [2.05, 4.69) is 6.92 Å². The van der Waals surface area contributed by atoms with Crippen molar-refractivity contribution in [2.45, 2.75) is 31.8 Å². The molecule has 0 radical (unpaired) electrons. The van der Waals surface area contributed by atoms with E-state index in [0.717, 1.165) is 24.1 Å². The van der Waals surface area contributed by atoms with Crippen molar-refractivity contribution in [2.24, 2.45) is 5.92 Å². The van der Waals surface area contributed by atoms with Crippen LogP contribution in [0.4, 0.5) is 0 Å². The number of hydrogen-bond donors (Lipinski definition) is 1. The van der Waals surface area contributed by atoms with Gasteiger partial charge in [0, 0.05) is 4.88 Å². The summed E-state index contributed by atoms with van der Waals surface area (Å²) in [6, 6.07) is 4.06. The van der Waals surface area contributed by atoms with Crippen molar-refractivity contribution in [2.75, 3.05) is 0 Å². The average molecular weight is 182 g/mol. The van der Waals surface area contributed by atoms with Gasteiger partial charge in [0.1, 0.15) is 5.60 Å². The normalized spacial score (nSPS) is 35.7. The van der Waals surface area contributed by atoms with E-state index in [1.807, 2.05) is 17.5 Å². The monoisotopic (exact) mass is 182 g/mol. The summed E-state index contributed by atoms with van der Waals surface area (Å²) < 4.78 is 0. The molecule has 2 atom stereocenters. The Kier molecular flexibility index (Phi) is 1.97. The molecule has 1 aromatic heterocycles. The Hall–Kier alpha value is -0.340. The molecule has 1 aliphatic rings. The third kappa shape index (κ3) is 1.10. The predicted octanol–water partition coefficient (Wildman–Crippen LogP) is 2.76. The SMILES string of the molecule is CC1CCCC1(O)c1cccs1. The maximum Gasteiger partial charge on any atom is 0.101 e. The second-order valence-corrected chi connectivity index (χ2v) is 4.64. The van der Waals surface area contributed by atoms with Crippen molar-refractivity contribution in [3.63, 3.8) is 0 Å². The lowest BCUT2D eigenvalue weighted by Crippen LogP contribution is -2.26. The van der Waals surface area contributed by atoms with Gasteiger partial charge in [0.05, 0.1) is 0 Å². The number of thiophene rings is 1. The highest BCUT2D eigenvalue weighted by molar-refractivity contribution is 7.10. The second kappa shape index (κ2) is 2.86. The molecule has 1 fully saturated rings. The third-order valence-corrected chi connectivity index (χ3v) is 3.99. The molecule has 12 heavy (non-hydrogen) atoms. The van der Waals surface area contributed by atoms with Crippen LogP contribution < -0.4 is 0 Å². The van der Waals surface area contributed by atoms with Gasteiger partial charge in [0.2, 0.25) is 0 Å². The van der Waals surface area contributed by atoms with Gasteiger partial charge < -0.3 is 5.11 Å². The van der Waals surface area contributed by atoms with Crippen LogP contribution in [0, 0.1) is 5.92 Å². The van der Waals surface area contributed by atoms with Crippen LogP contribution >= 0.6 is 11.3 Å². The fraction of sp³-hybridized carbons (Fsp3) is 0.600. The standard InChI is InChI=1S/C10H14OS/c1-8-4-2-6-10(8,11)9-5-3-7-12-9/h3,5,7-8,11H,2,4,6H2,1H3. The molecule has 66 valence electrons. The molecular formula is C10H14OS. The second-order valence-electron chi connectivity index (χ2n) is 3.69. The smallest absolute Gasteiger partial charge is 0.101 e. The van der Waals surface area contributed by atoms with Gasteiger partial charge in [-0.05, 0) is 36.6 Å². The van der Waals surface area contributed by atoms with Crippen molar-refractivity contribution in [1.82, 2.24) is 0 Å². The zero-order valence-electron chi connectivity index (χ0n) is 7.29. The quantitative estimate of drug-likeness (QED) is 0.708. The Morgan fingerprint density at radius 2 is 2.50 bits per heavy atom. The van der Waals surface area contributed by atoms with Gasteiger partial charge in [0.15, 0.2) is 0 Å². The topological polar surface area (TPSA) is 20.2 Å². The van der Waals surface area contributed by atoms with E-state index in [1.54, 1.807) is 11.3 Å². The molecule has 0 aromatic carbocycles. The average Bonchev–Trinajstić information content (AvgIpc) is 2.62. The molecule has 0 saturated heterocycles. The summed E-state index contributed by atoms with van der Waals surface area (Å²) in [5.41, 5.74) is -0.506. The van der Waals surface area contributed by atoms with Crippen LogP contribution in [0.3, 0.4) is 0 Å². The van der Waals surface area contributed by atoms with Gasteiger partial charge in [0.25, 0.3) is 0 Å². The summed E-state index contributed by atoms with van der Waals surface area (Å²) in [4.78, 5) is 1.15. The van der Waals surface area contributed by atoms with Crippen molar-refractivity contribution in [3.8, 4) is 0 Å². The fourth-order valence-corrected chi connectivity index (χ4v) is 3.02. The van der Waals surface area contributed by atoms with Gasteiger partial charge in [-0.2, -0.15) is 0 Å². The summed E-state index contributed by atoms with van der Waals surface area (Å²) in [5.74, 6) is 0.427. The van der Waals surface area contributed by atoms with Crippen molar-refractivity contribution in [1.29, 1.82) is 0 Å². The van der Waals surface area contributed by atoms with Crippen molar-refractivity contribution < 1.29 is 5.11 Å². The molecule has 0 aliphatic heterocycles. The Bertz CT molecular complexity index is 255. The van der Waals surface area contributed by atoms with Crippen LogP contribution in [0.1, 0.15) is 31.1 Å². The predicted molar refractivity (Wildman–Crippen MR) is 51.2 cm³/mol. The third-order valence-electron chi connectivity index (χ3n) is 2.96. The Morgan fingerprint density at radius 1 is 1.67 bits per heavy atom. The molecule has 0 spiro atoms. The Morgan fingerprint density at radius 3 is 3.00 bits per heavy atom. The molecule has 1 saturated carbocycles. The molecule has 1 nitrogen and oxygen atoms in total. The summed E-state index contributed by atoms with van der Waals surface area (Å²) in [5, 5.41) is 12.4. The summed E-state index contributed by atoms with van der Waals surface area (Å²) in [6.07, 6.45) is 3.26. The van der Waals surface area contributed by atoms with Crippen molar-refractivity contribution >= 4 is 11.3 Å². The van der Waals surface area contributed by atoms with Crippen LogP contribution in [0.2, 0.25) is 0 Å². The first-order valence-corrected chi connectivity index (χ1v) is 5.38. The van der Waals surface area contributed by atoms with Gasteiger partial charge >= 0.3 is 0 Å². The van der Waals surface area contributed by atoms with Crippen LogP contribution in [0.5, 0.6) is 0 Å². The number of rotatable bonds is 1. The minimum Gasteiger partial charge on any atom is -0.384 e. The molecule has 1 aliphatic carbocycles. The molecule has 0 bridgehead atoms. The van der Waals surface area contributed by atoms with E-state index in [9.17, 15) is 5.11 Å². The first-order valence-electron chi connectivity index (χ1n) is 4.50. The summed E-state index contributed by atoms with van der Waals surface area (Å²) >= 11 is 1.67. The van der Waals surface area contributed by atoms with E-state index in [1.165, 1.54) is 0 Å². The first-order chi connectivity index (χ1) is 5.73. The zero-order chi connectivity index (χ0) is 8.60. The largest absolute Gasteiger partial charge is 0.384 e. The van der Waals surface area contributed by atoms with Gasteiger partial charge in [-0.25, -0.2) is 0 Å². The Balaban J connectivity index is 2.32. The number of aliphatic hydroxyl groups is 1. The minimum absolute atomic E-state index is 0.427. The molecular weight excluding hydrogens is 168 g/mol. The lowest BCUT2D eigenvalue weighted by Gasteiger charge is -2.26. The maximum atomic E-state index is 10.3. The molecule has 2 rings (SSSR count). The zero-order valence-corrected chi connectivity index (χ0v) is 8.10. The number of hydrogen-bond acceptors (Lipinski definition) is 2. The molecule has 1 N–H and O–H groups in total. The highest BCUT2D eigenvalue weighted by Gasteiger charge is 2.40. The van der Waals surface area contributed by atoms with E-state index >= 15 is 0 Å². The summed E-state index contributed by atoms with van der Waals surface area (Å²) in [6.45, 7) is 2.15. The summed E-state index contributed by atoms with van der Waals surface area (Å²) in [7, 11) is 0. The van der Waals surface area contributed by atoms with Gasteiger partial charge in [-0.1, -0.05) is 13.0 Å². The van der Waals surface area contributed by atoms with E-state index in [0.29, 0.717) is 5.92 Å². The van der Waals surface area contributed by atoms with Crippen LogP contribution in [0.25, 0.3) is 0 Å². The fourth-order valence-electron chi connectivity index (χ4n) is 2.05. The van der Waals surface area contributed by atoms with Gasteiger partial charge in [-0.15, -0.1) is 11.3 Å². The van der Waals surface area contributed by atoms with Crippen LogP contribution in [-0.2, 0) is 5.60 Å². The van der Waals surface area contributed by atoms with Crippen LogP contribution in [0.15, 0.2) is 17.5 Å². The van der Waals surface area contributed by atoms with Crippen molar-refractivity contribution in [3.05, 3.63) is 22.4 Å². The lowest BCUT2D eigenvalue weighted by molar-refractivity contribution is 0.00810. The Labute approximate surface area is 77.0 Å². The van der Waals surface area contributed by atoms with Crippen LogP contribution in [-0.4, -0.2) is 5.11 Å². The highest BCUT2D eigenvalue weighted by Crippen LogP contribution is 2.44. The molecule has 2 unspecified atom stereocenters. The molecule has 0 amide bonds. The highest BCUT2D eigenvalue weighted by atomic mass is 32.1.